The zero-order valence-corrected chi connectivity index (χ0v) is 11.3. The second-order valence-electron chi connectivity index (χ2n) is 5.26. The number of benzene rings is 1. The number of nitrogens with zero attached hydrogens (tertiary/aromatic N) is 1. The molecule has 1 aromatic rings. The lowest BCUT2D eigenvalue weighted by Crippen LogP contribution is -2.47. The first-order valence-electron chi connectivity index (χ1n) is 6.38. The summed E-state index contributed by atoms with van der Waals surface area (Å²) in [6, 6.07) is 5.15. The van der Waals surface area contributed by atoms with Gasteiger partial charge >= 0.3 is 5.97 Å². The third kappa shape index (κ3) is 2.81. The van der Waals surface area contributed by atoms with Crippen LogP contribution >= 0.6 is 0 Å². The number of rotatable bonds is 3. The van der Waals surface area contributed by atoms with Gasteiger partial charge in [-0.2, -0.15) is 0 Å². The Morgan fingerprint density at radius 3 is 2.89 bits per heavy atom. The summed E-state index contributed by atoms with van der Waals surface area (Å²) in [6.07, 6.45) is 2.04. The van der Waals surface area contributed by atoms with Gasteiger partial charge in [0.05, 0.1) is 11.2 Å². The summed E-state index contributed by atoms with van der Waals surface area (Å²) in [5.41, 5.74) is 6.83. The number of nitrogen functional groups attached to an aromatic ring is 1. The van der Waals surface area contributed by atoms with E-state index in [-0.39, 0.29) is 11.2 Å². The van der Waals surface area contributed by atoms with E-state index in [9.17, 15) is 4.79 Å². The van der Waals surface area contributed by atoms with E-state index in [2.05, 4.69) is 11.8 Å². The number of methoxy groups -OCH3 is 1. The zero-order valence-electron chi connectivity index (χ0n) is 11.3. The summed E-state index contributed by atoms with van der Waals surface area (Å²) in [6.45, 7) is 3.74. The van der Waals surface area contributed by atoms with E-state index >= 15 is 0 Å². The molecule has 2 rings (SSSR count). The number of hydrogen-bond donors (Lipinski definition) is 2. The molecule has 0 aliphatic carbocycles. The summed E-state index contributed by atoms with van der Waals surface area (Å²) in [4.78, 5) is 13.3. The average Bonchev–Trinajstić information content (AvgIpc) is 2.39. The molecule has 1 heterocycles. The minimum absolute atomic E-state index is 0.155. The Morgan fingerprint density at radius 2 is 2.26 bits per heavy atom. The smallest absolute Gasteiger partial charge is 0.337 e. The molecule has 0 bridgehead atoms. The van der Waals surface area contributed by atoms with Crippen LogP contribution in [0.2, 0.25) is 0 Å². The second kappa shape index (κ2) is 5.09. The maximum Gasteiger partial charge on any atom is 0.337 e. The average molecular weight is 264 g/mol. The van der Waals surface area contributed by atoms with Crippen LogP contribution in [0.1, 0.15) is 30.1 Å². The van der Waals surface area contributed by atoms with Crippen molar-refractivity contribution in [2.24, 2.45) is 0 Å². The molecule has 0 spiro atoms. The maximum atomic E-state index is 11.1. The van der Waals surface area contributed by atoms with Gasteiger partial charge in [0.1, 0.15) is 0 Å². The van der Waals surface area contributed by atoms with Crippen LogP contribution in [0.15, 0.2) is 18.2 Å². The fourth-order valence-corrected chi connectivity index (χ4v) is 2.52. The molecule has 1 unspecified atom stereocenters. The van der Waals surface area contributed by atoms with Gasteiger partial charge in [-0.3, -0.25) is 0 Å². The predicted octanol–water partition coefficient (Wildman–Crippen LogP) is 1.97. The molecule has 5 heteroatoms. The summed E-state index contributed by atoms with van der Waals surface area (Å²) >= 11 is 0. The van der Waals surface area contributed by atoms with Gasteiger partial charge in [0, 0.05) is 31.6 Å². The minimum atomic E-state index is -0.995. The molecule has 104 valence electrons. The van der Waals surface area contributed by atoms with E-state index in [0.717, 1.165) is 31.6 Å². The summed E-state index contributed by atoms with van der Waals surface area (Å²) in [5.74, 6) is -0.995. The van der Waals surface area contributed by atoms with Crippen LogP contribution in [0.5, 0.6) is 0 Å². The highest BCUT2D eigenvalue weighted by Crippen LogP contribution is 2.29. The molecular formula is C14H20N2O3. The molecule has 1 aliphatic rings. The quantitative estimate of drug-likeness (QED) is 0.816. The molecule has 1 aromatic carbocycles. The molecule has 0 saturated carbocycles. The Kier molecular flexibility index (Phi) is 3.66. The Bertz CT molecular complexity index is 490. The molecule has 1 fully saturated rings. The SMILES string of the molecule is COC1(C)CCCN(c2ccc(N)c(C(=O)O)c2)C1. The van der Waals surface area contributed by atoms with E-state index in [1.807, 2.05) is 6.07 Å². The number of aromatic carboxylic acids is 1. The van der Waals surface area contributed by atoms with E-state index in [4.69, 9.17) is 15.6 Å². The van der Waals surface area contributed by atoms with Crippen molar-refractivity contribution in [1.82, 2.24) is 0 Å². The van der Waals surface area contributed by atoms with Crippen LogP contribution in [-0.2, 0) is 4.74 Å². The number of anilines is 2. The number of ether oxygens (including phenoxy) is 1. The fourth-order valence-electron chi connectivity index (χ4n) is 2.52. The van der Waals surface area contributed by atoms with Crippen molar-refractivity contribution >= 4 is 17.3 Å². The van der Waals surface area contributed by atoms with Gasteiger partial charge in [-0.1, -0.05) is 0 Å². The van der Waals surface area contributed by atoms with Crippen LogP contribution in [0.25, 0.3) is 0 Å². The van der Waals surface area contributed by atoms with Gasteiger partial charge in [-0.15, -0.1) is 0 Å². The Morgan fingerprint density at radius 1 is 1.53 bits per heavy atom. The second-order valence-corrected chi connectivity index (χ2v) is 5.26. The highest BCUT2D eigenvalue weighted by molar-refractivity contribution is 5.94. The van der Waals surface area contributed by atoms with Crippen molar-refractivity contribution in [1.29, 1.82) is 0 Å². The highest BCUT2D eigenvalue weighted by Gasteiger charge is 2.31. The van der Waals surface area contributed by atoms with Crippen LogP contribution in [-0.4, -0.2) is 36.9 Å². The van der Waals surface area contributed by atoms with E-state index in [0.29, 0.717) is 5.69 Å². The number of piperidine rings is 1. The van der Waals surface area contributed by atoms with Gasteiger partial charge in [-0.25, -0.2) is 4.79 Å². The first-order valence-corrected chi connectivity index (χ1v) is 6.38. The van der Waals surface area contributed by atoms with Crippen LogP contribution in [0.4, 0.5) is 11.4 Å². The topological polar surface area (TPSA) is 75.8 Å². The fraction of sp³-hybridized carbons (Fsp3) is 0.500. The van der Waals surface area contributed by atoms with Gasteiger partial charge in [0.2, 0.25) is 0 Å². The van der Waals surface area contributed by atoms with Gasteiger partial charge in [-0.05, 0) is 38.0 Å². The van der Waals surface area contributed by atoms with E-state index < -0.39 is 5.97 Å². The molecule has 1 aliphatic heterocycles. The molecule has 0 amide bonds. The van der Waals surface area contributed by atoms with Crippen molar-refractivity contribution in [2.75, 3.05) is 30.8 Å². The van der Waals surface area contributed by atoms with E-state index in [1.165, 1.54) is 0 Å². The Balaban J connectivity index is 2.27. The third-order valence-corrected chi connectivity index (χ3v) is 3.78. The number of nitrogens with two attached hydrogens (primary N) is 1. The first-order chi connectivity index (χ1) is 8.95. The molecular weight excluding hydrogens is 244 g/mol. The highest BCUT2D eigenvalue weighted by atomic mass is 16.5. The molecule has 1 atom stereocenters. The summed E-state index contributed by atoms with van der Waals surface area (Å²) in [5, 5.41) is 9.11. The number of hydrogen-bond acceptors (Lipinski definition) is 4. The zero-order chi connectivity index (χ0) is 14.0. The van der Waals surface area contributed by atoms with Crippen molar-refractivity contribution in [3.8, 4) is 0 Å². The number of carbonyl (C=O) groups is 1. The molecule has 3 N–H and O–H groups in total. The summed E-state index contributed by atoms with van der Waals surface area (Å²) in [7, 11) is 1.72. The minimum Gasteiger partial charge on any atom is -0.478 e. The first kappa shape index (κ1) is 13.7. The lowest BCUT2D eigenvalue weighted by atomic mass is 9.94. The molecule has 0 aromatic heterocycles. The predicted molar refractivity (Wildman–Crippen MR) is 74.7 cm³/mol. The number of carboxylic acid groups (broad SMARTS) is 1. The monoisotopic (exact) mass is 264 g/mol. The molecule has 5 nitrogen and oxygen atoms in total. The van der Waals surface area contributed by atoms with Crippen molar-refractivity contribution in [2.45, 2.75) is 25.4 Å². The maximum absolute atomic E-state index is 11.1. The lowest BCUT2D eigenvalue weighted by Gasteiger charge is -2.40. The lowest BCUT2D eigenvalue weighted by molar-refractivity contribution is -0.00465. The van der Waals surface area contributed by atoms with Crippen LogP contribution < -0.4 is 10.6 Å². The molecule has 0 radical (unpaired) electrons. The van der Waals surface area contributed by atoms with Gasteiger partial charge in [0.25, 0.3) is 0 Å². The summed E-state index contributed by atoms with van der Waals surface area (Å²) < 4.78 is 5.55. The normalized spacial score (nSPS) is 23.4. The van der Waals surface area contributed by atoms with Gasteiger partial charge in [0.15, 0.2) is 0 Å². The Hall–Kier alpha value is -1.75. The van der Waals surface area contributed by atoms with Crippen molar-refractivity contribution in [3.05, 3.63) is 23.8 Å². The molecule has 1 saturated heterocycles. The standard InChI is InChI=1S/C14H20N2O3/c1-14(19-2)6-3-7-16(9-14)10-4-5-12(15)11(8-10)13(17)18/h4-5,8H,3,6-7,9,15H2,1-2H3,(H,17,18). The molecule has 19 heavy (non-hydrogen) atoms. The number of carboxylic acids is 1. The van der Waals surface area contributed by atoms with Crippen LogP contribution in [0.3, 0.4) is 0 Å². The van der Waals surface area contributed by atoms with E-state index in [1.54, 1.807) is 19.2 Å². The van der Waals surface area contributed by atoms with Crippen LogP contribution in [0, 0.1) is 0 Å². The third-order valence-electron chi connectivity index (χ3n) is 3.78. The van der Waals surface area contributed by atoms with Crippen molar-refractivity contribution in [3.63, 3.8) is 0 Å². The Labute approximate surface area is 113 Å². The van der Waals surface area contributed by atoms with Crippen molar-refractivity contribution < 1.29 is 14.6 Å². The van der Waals surface area contributed by atoms with Gasteiger partial charge < -0.3 is 20.5 Å². The largest absolute Gasteiger partial charge is 0.478 e.